The fraction of sp³-hybridized carbons (Fsp3) is 0.350. The lowest BCUT2D eigenvalue weighted by atomic mass is 10.2. The Kier molecular flexibility index (Phi) is 6.33. The van der Waals surface area contributed by atoms with E-state index in [1.54, 1.807) is 29.8 Å². The molecular formula is C20H19F2N3O3S2. The van der Waals surface area contributed by atoms with E-state index in [1.165, 1.54) is 35.4 Å². The summed E-state index contributed by atoms with van der Waals surface area (Å²) >= 11 is 3.11. The van der Waals surface area contributed by atoms with Crippen molar-refractivity contribution in [1.29, 1.82) is 0 Å². The van der Waals surface area contributed by atoms with Crippen molar-refractivity contribution in [2.75, 3.05) is 12.9 Å². The van der Waals surface area contributed by atoms with Gasteiger partial charge in [0.1, 0.15) is 16.2 Å². The number of nitrogens with zero attached hydrogens (tertiary/aromatic N) is 2. The predicted octanol–water partition coefficient (Wildman–Crippen LogP) is 4.20. The molecule has 4 rings (SSSR count). The molecule has 0 saturated carbocycles. The van der Waals surface area contributed by atoms with Crippen LogP contribution in [0.2, 0.25) is 0 Å². The van der Waals surface area contributed by atoms with Gasteiger partial charge in [-0.3, -0.25) is 4.79 Å². The first-order valence-electron chi connectivity index (χ1n) is 9.31. The highest BCUT2D eigenvalue weighted by atomic mass is 32.2. The molecule has 6 nitrogen and oxygen atoms in total. The van der Waals surface area contributed by atoms with Gasteiger partial charge in [-0.1, -0.05) is 17.8 Å². The van der Waals surface area contributed by atoms with Crippen molar-refractivity contribution in [2.45, 2.75) is 37.4 Å². The number of fused-ring (bicyclic) bond motifs is 3. The van der Waals surface area contributed by atoms with Crippen LogP contribution < -0.4 is 14.8 Å². The number of benzene rings is 1. The van der Waals surface area contributed by atoms with Crippen molar-refractivity contribution < 1.29 is 23.0 Å². The first-order chi connectivity index (χ1) is 14.5. The third-order valence-electron chi connectivity index (χ3n) is 4.74. The van der Waals surface area contributed by atoms with Crippen molar-refractivity contribution in [1.82, 2.24) is 15.3 Å². The fourth-order valence-corrected chi connectivity index (χ4v) is 5.56. The Bertz CT molecular complexity index is 1070. The molecule has 1 aromatic carbocycles. The molecule has 0 aliphatic heterocycles. The SMILES string of the molecule is COc1cc(CNC(=O)CSc2ncnc3sc4c(c23)CCC4)ccc1OC(F)F. The number of amides is 1. The lowest BCUT2D eigenvalue weighted by Crippen LogP contribution is -2.24. The van der Waals surface area contributed by atoms with E-state index in [0.29, 0.717) is 5.56 Å². The van der Waals surface area contributed by atoms with Gasteiger partial charge in [0, 0.05) is 16.8 Å². The molecule has 158 valence electrons. The summed E-state index contributed by atoms with van der Waals surface area (Å²) in [6, 6.07) is 4.57. The summed E-state index contributed by atoms with van der Waals surface area (Å²) in [5.74, 6) is 0.214. The number of hydrogen-bond acceptors (Lipinski definition) is 7. The molecule has 0 spiro atoms. The molecule has 30 heavy (non-hydrogen) atoms. The van der Waals surface area contributed by atoms with Crippen LogP contribution in [0.5, 0.6) is 11.5 Å². The van der Waals surface area contributed by atoms with Crippen LogP contribution in [0.4, 0.5) is 8.78 Å². The summed E-state index contributed by atoms with van der Waals surface area (Å²) < 4.78 is 34.3. The molecule has 0 atom stereocenters. The minimum atomic E-state index is -2.93. The number of halogens is 2. The molecule has 0 bridgehead atoms. The Balaban J connectivity index is 1.36. The third-order valence-corrected chi connectivity index (χ3v) is 6.93. The molecule has 2 heterocycles. The van der Waals surface area contributed by atoms with Crippen LogP contribution in [0.3, 0.4) is 0 Å². The van der Waals surface area contributed by atoms with Gasteiger partial charge in [0.05, 0.1) is 12.9 Å². The topological polar surface area (TPSA) is 73.3 Å². The van der Waals surface area contributed by atoms with Gasteiger partial charge in [0.15, 0.2) is 11.5 Å². The third kappa shape index (κ3) is 4.49. The number of rotatable bonds is 8. The van der Waals surface area contributed by atoms with Gasteiger partial charge >= 0.3 is 6.61 Å². The van der Waals surface area contributed by atoms with Crippen molar-refractivity contribution in [3.05, 3.63) is 40.5 Å². The van der Waals surface area contributed by atoms with Gasteiger partial charge < -0.3 is 14.8 Å². The Morgan fingerprint density at radius 1 is 1.30 bits per heavy atom. The molecule has 0 unspecified atom stereocenters. The standard InChI is InChI=1S/C20H19F2N3O3S2/c1-27-14-7-11(5-6-13(14)28-20(21)22)8-23-16(26)9-29-18-17-12-3-2-4-15(12)30-19(17)25-10-24-18/h5-7,10,20H,2-4,8-9H2,1H3,(H,23,26). The summed E-state index contributed by atoms with van der Waals surface area (Å²) in [5, 5.41) is 4.76. The fourth-order valence-electron chi connectivity index (χ4n) is 3.41. The van der Waals surface area contributed by atoms with Gasteiger partial charge in [0.25, 0.3) is 0 Å². The molecular weight excluding hydrogens is 432 g/mol. The maximum atomic E-state index is 12.4. The van der Waals surface area contributed by atoms with E-state index in [1.807, 2.05) is 0 Å². The molecule has 1 aliphatic carbocycles. The van der Waals surface area contributed by atoms with E-state index < -0.39 is 6.61 Å². The van der Waals surface area contributed by atoms with Gasteiger partial charge in [-0.05, 0) is 42.5 Å². The Morgan fingerprint density at radius 3 is 2.97 bits per heavy atom. The van der Waals surface area contributed by atoms with Crippen molar-refractivity contribution in [3.8, 4) is 11.5 Å². The molecule has 1 N–H and O–H groups in total. The second-order valence-corrected chi connectivity index (χ2v) is 8.69. The average molecular weight is 452 g/mol. The van der Waals surface area contributed by atoms with Crippen molar-refractivity contribution >= 4 is 39.2 Å². The number of thiophene rings is 1. The molecule has 3 aromatic rings. The number of nitrogens with one attached hydrogen (secondary N) is 1. The summed E-state index contributed by atoms with van der Waals surface area (Å²) in [4.78, 5) is 23.5. The molecule has 1 amide bonds. The van der Waals surface area contributed by atoms with Gasteiger partial charge in [-0.2, -0.15) is 8.78 Å². The van der Waals surface area contributed by atoms with Gasteiger partial charge in [0.2, 0.25) is 5.91 Å². The number of carbonyl (C=O) groups is 1. The minimum Gasteiger partial charge on any atom is -0.493 e. The van der Waals surface area contributed by atoms with Crippen LogP contribution >= 0.6 is 23.1 Å². The molecule has 0 fully saturated rings. The Labute approximate surface area is 180 Å². The highest BCUT2D eigenvalue weighted by Crippen LogP contribution is 2.40. The zero-order chi connectivity index (χ0) is 21.1. The van der Waals surface area contributed by atoms with Crippen LogP contribution in [0, 0.1) is 0 Å². The molecule has 10 heteroatoms. The number of aryl methyl sites for hydroxylation is 2. The Morgan fingerprint density at radius 2 is 2.17 bits per heavy atom. The summed E-state index contributed by atoms with van der Waals surface area (Å²) in [6.07, 6.45) is 4.83. The largest absolute Gasteiger partial charge is 0.493 e. The lowest BCUT2D eigenvalue weighted by molar-refractivity contribution is -0.118. The Hall–Kier alpha value is -2.46. The highest BCUT2D eigenvalue weighted by molar-refractivity contribution is 8.00. The normalized spacial score (nSPS) is 12.9. The quantitative estimate of drug-likeness (QED) is 0.409. The maximum absolute atomic E-state index is 12.4. The maximum Gasteiger partial charge on any atom is 0.387 e. The van der Waals surface area contributed by atoms with Crippen LogP contribution in [0.15, 0.2) is 29.6 Å². The van der Waals surface area contributed by atoms with Crippen LogP contribution in [-0.2, 0) is 24.2 Å². The number of aromatic nitrogens is 2. The number of carbonyl (C=O) groups excluding carboxylic acids is 1. The van der Waals surface area contributed by atoms with Gasteiger partial charge in [-0.25, -0.2) is 9.97 Å². The van der Waals surface area contributed by atoms with E-state index in [4.69, 9.17) is 4.74 Å². The minimum absolute atomic E-state index is 0.0470. The van der Waals surface area contributed by atoms with Crippen molar-refractivity contribution in [3.63, 3.8) is 0 Å². The zero-order valence-corrected chi connectivity index (χ0v) is 17.7. The van der Waals surface area contributed by atoms with Gasteiger partial charge in [-0.15, -0.1) is 11.3 Å². The number of alkyl halides is 2. The van der Waals surface area contributed by atoms with E-state index in [0.717, 1.165) is 34.5 Å². The first kappa shape index (κ1) is 20.8. The molecule has 2 aromatic heterocycles. The summed E-state index contributed by atoms with van der Waals surface area (Å²) in [7, 11) is 1.37. The van der Waals surface area contributed by atoms with E-state index in [9.17, 15) is 13.6 Å². The number of methoxy groups -OCH3 is 1. The number of ether oxygens (including phenoxy) is 2. The van der Waals surface area contributed by atoms with Crippen LogP contribution in [0.1, 0.15) is 22.4 Å². The second-order valence-electron chi connectivity index (χ2n) is 6.65. The van der Waals surface area contributed by atoms with E-state index in [2.05, 4.69) is 20.0 Å². The molecule has 0 radical (unpaired) electrons. The molecule has 1 aliphatic rings. The smallest absolute Gasteiger partial charge is 0.387 e. The average Bonchev–Trinajstić information content (AvgIpc) is 3.32. The van der Waals surface area contributed by atoms with Crippen molar-refractivity contribution in [2.24, 2.45) is 0 Å². The summed E-state index contributed by atoms with van der Waals surface area (Å²) in [5.41, 5.74) is 2.05. The van der Waals surface area contributed by atoms with E-state index in [-0.39, 0.29) is 29.7 Å². The lowest BCUT2D eigenvalue weighted by Gasteiger charge is -2.12. The predicted molar refractivity (Wildman–Crippen MR) is 112 cm³/mol. The molecule has 0 saturated heterocycles. The van der Waals surface area contributed by atoms with Crippen LogP contribution in [0.25, 0.3) is 10.2 Å². The number of thioether (sulfide) groups is 1. The monoisotopic (exact) mass is 451 g/mol. The second kappa shape index (κ2) is 9.13. The number of hydrogen-bond donors (Lipinski definition) is 1. The highest BCUT2D eigenvalue weighted by Gasteiger charge is 2.21. The van der Waals surface area contributed by atoms with E-state index >= 15 is 0 Å². The zero-order valence-electron chi connectivity index (χ0n) is 16.1. The first-order valence-corrected chi connectivity index (χ1v) is 11.1. The summed E-state index contributed by atoms with van der Waals surface area (Å²) in [6.45, 7) is -2.68. The van der Waals surface area contributed by atoms with Crippen LogP contribution in [-0.4, -0.2) is 35.3 Å².